The van der Waals surface area contributed by atoms with Gasteiger partial charge in [0.15, 0.2) is 15.4 Å². The number of sulfone groups is 1. The molecular formula is C19H20N2O4S2. The first-order valence-corrected chi connectivity index (χ1v) is 11.2. The molecule has 0 aliphatic heterocycles. The van der Waals surface area contributed by atoms with E-state index in [-0.39, 0.29) is 22.3 Å². The van der Waals surface area contributed by atoms with Crippen LogP contribution in [-0.2, 0) is 14.6 Å². The molecule has 0 spiro atoms. The third-order valence-electron chi connectivity index (χ3n) is 4.08. The monoisotopic (exact) mass is 404 g/mol. The highest BCUT2D eigenvalue weighted by molar-refractivity contribution is 7.99. The summed E-state index contributed by atoms with van der Waals surface area (Å²) in [7, 11) is -3.30. The zero-order chi connectivity index (χ0) is 19.4. The van der Waals surface area contributed by atoms with E-state index in [1.165, 1.54) is 23.9 Å². The number of nitrogens with zero attached hydrogens (tertiary/aromatic N) is 2. The number of anilines is 1. The summed E-state index contributed by atoms with van der Waals surface area (Å²) >= 11 is 1.19. The lowest BCUT2D eigenvalue weighted by Gasteiger charge is -2.20. The Hall–Kier alpha value is -2.32. The number of aromatic nitrogens is 1. The van der Waals surface area contributed by atoms with Gasteiger partial charge < -0.3 is 9.32 Å². The second-order valence-corrected chi connectivity index (χ2v) is 8.98. The van der Waals surface area contributed by atoms with Crippen LogP contribution in [0.4, 0.5) is 5.69 Å². The molecule has 1 amide bonds. The third kappa shape index (κ3) is 4.33. The van der Waals surface area contributed by atoms with Crippen LogP contribution in [0.5, 0.6) is 0 Å². The van der Waals surface area contributed by atoms with E-state index in [9.17, 15) is 13.2 Å². The standard InChI is InChI=1S/C19H20N2O4S2/c1-3-21(14-8-6-5-7-9-14)18(22)13-26-19-20-16-12-15(27(23,24)4-2)10-11-17(16)25-19/h5-12H,3-4,13H2,1-2H3. The highest BCUT2D eigenvalue weighted by Crippen LogP contribution is 2.26. The summed E-state index contributed by atoms with van der Waals surface area (Å²) in [5.74, 6) is 0.152. The maximum atomic E-state index is 12.5. The van der Waals surface area contributed by atoms with Crippen LogP contribution in [0, 0.1) is 0 Å². The fourth-order valence-electron chi connectivity index (χ4n) is 2.62. The minimum Gasteiger partial charge on any atom is -0.431 e. The normalized spacial score (nSPS) is 11.6. The van der Waals surface area contributed by atoms with Gasteiger partial charge in [-0.05, 0) is 37.3 Å². The molecule has 0 saturated carbocycles. The zero-order valence-electron chi connectivity index (χ0n) is 15.1. The number of carbonyl (C=O) groups excluding carboxylic acids is 1. The molecule has 0 bridgehead atoms. The Balaban J connectivity index is 1.74. The fraction of sp³-hybridized carbons (Fsp3) is 0.263. The van der Waals surface area contributed by atoms with Crippen LogP contribution < -0.4 is 4.90 Å². The molecule has 0 unspecified atom stereocenters. The number of rotatable bonds is 7. The van der Waals surface area contributed by atoms with E-state index in [4.69, 9.17) is 4.42 Å². The predicted octanol–water partition coefficient (Wildman–Crippen LogP) is 3.77. The molecule has 27 heavy (non-hydrogen) atoms. The van der Waals surface area contributed by atoms with Crippen molar-refractivity contribution in [1.82, 2.24) is 4.98 Å². The number of amides is 1. The molecule has 0 aliphatic rings. The van der Waals surface area contributed by atoms with Gasteiger partial charge in [-0.3, -0.25) is 4.79 Å². The molecule has 0 aliphatic carbocycles. The summed E-state index contributed by atoms with van der Waals surface area (Å²) in [4.78, 5) is 18.8. The van der Waals surface area contributed by atoms with E-state index in [1.807, 2.05) is 37.3 Å². The summed E-state index contributed by atoms with van der Waals surface area (Å²) in [5.41, 5.74) is 1.81. The van der Waals surface area contributed by atoms with Crippen molar-refractivity contribution in [3.63, 3.8) is 0 Å². The van der Waals surface area contributed by atoms with Gasteiger partial charge in [0.1, 0.15) is 5.52 Å². The highest BCUT2D eigenvalue weighted by atomic mass is 32.2. The first-order valence-electron chi connectivity index (χ1n) is 8.56. The minimum absolute atomic E-state index is 0.0266. The van der Waals surface area contributed by atoms with Crippen molar-refractivity contribution in [1.29, 1.82) is 0 Å². The second-order valence-electron chi connectivity index (χ2n) is 5.77. The Kier molecular flexibility index (Phi) is 5.86. The summed E-state index contributed by atoms with van der Waals surface area (Å²) in [6, 6.07) is 14.1. The van der Waals surface area contributed by atoms with Crippen LogP contribution in [0.2, 0.25) is 0 Å². The summed E-state index contributed by atoms with van der Waals surface area (Å²) < 4.78 is 29.6. The molecule has 1 heterocycles. The molecule has 8 heteroatoms. The molecule has 1 aromatic heterocycles. The molecule has 2 aromatic carbocycles. The predicted molar refractivity (Wildman–Crippen MR) is 107 cm³/mol. The SMILES string of the molecule is CCN(C(=O)CSc1nc2cc(S(=O)(=O)CC)ccc2o1)c1ccccc1. The van der Waals surface area contributed by atoms with Crippen molar-refractivity contribution >= 4 is 44.3 Å². The number of hydrogen-bond donors (Lipinski definition) is 0. The van der Waals surface area contributed by atoms with Crippen molar-refractivity contribution in [3.05, 3.63) is 48.5 Å². The summed E-state index contributed by atoms with van der Waals surface area (Å²) in [6.45, 7) is 4.08. The second kappa shape index (κ2) is 8.14. The Morgan fingerprint density at radius 3 is 2.56 bits per heavy atom. The first kappa shape index (κ1) is 19.4. The topological polar surface area (TPSA) is 80.5 Å². The van der Waals surface area contributed by atoms with E-state index in [0.717, 1.165) is 5.69 Å². The molecule has 6 nitrogen and oxygen atoms in total. The number of fused-ring (bicyclic) bond motifs is 1. The van der Waals surface area contributed by atoms with E-state index >= 15 is 0 Å². The van der Waals surface area contributed by atoms with Gasteiger partial charge >= 0.3 is 0 Å². The highest BCUT2D eigenvalue weighted by Gasteiger charge is 2.17. The summed E-state index contributed by atoms with van der Waals surface area (Å²) in [6.07, 6.45) is 0. The number of oxazole rings is 1. The molecule has 0 atom stereocenters. The molecule has 0 saturated heterocycles. The molecule has 142 valence electrons. The van der Waals surface area contributed by atoms with E-state index in [1.54, 1.807) is 17.9 Å². The maximum Gasteiger partial charge on any atom is 0.257 e. The maximum absolute atomic E-state index is 12.5. The molecule has 3 aromatic rings. The van der Waals surface area contributed by atoms with E-state index in [0.29, 0.717) is 22.9 Å². The van der Waals surface area contributed by atoms with Gasteiger partial charge in [-0.25, -0.2) is 13.4 Å². The smallest absolute Gasteiger partial charge is 0.257 e. The van der Waals surface area contributed by atoms with Crippen LogP contribution in [0.25, 0.3) is 11.1 Å². The van der Waals surface area contributed by atoms with Crippen LogP contribution in [0.15, 0.2) is 63.1 Å². The Bertz CT molecular complexity index is 1050. The Labute approximate surface area is 162 Å². The average Bonchev–Trinajstić information content (AvgIpc) is 3.10. The van der Waals surface area contributed by atoms with Crippen LogP contribution >= 0.6 is 11.8 Å². The van der Waals surface area contributed by atoms with E-state index < -0.39 is 9.84 Å². The lowest BCUT2D eigenvalue weighted by molar-refractivity contribution is -0.116. The number of carbonyl (C=O) groups is 1. The number of benzene rings is 2. The lowest BCUT2D eigenvalue weighted by atomic mass is 10.3. The van der Waals surface area contributed by atoms with Crippen molar-refractivity contribution < 1.29 is 17.6 Å². The zero-order valence-corrected chi connectivity index (χ0v) is 16.7. The number of hydrogen-bond acceptors (Lipinski definition) is 6. The lowest BCUT2D eigenvalue weighted by Crippen LogP contribution is -2.32. The van der Waals surface area contributed by atoms with Crippen molar-refractivity contribution in [3.8, 4) is 0 Å². The van der Waals surface area contributed by atoms with Gasteiger partial charge in [0, 0.05) is 12.2 Å². The van der Waals surface area contributed by atoms with E-state index in [2.05, 4.69) is 4.98 Å². The quantitative estimate of drug-likeness (QED) is 0.558. The average molecular weight is 405 g/mol. The van der Waals surface area contributed by atoms with Crippen LogP contribution in [-0.4, -0.2) is 37.4 Å². The minimum atomic E-state index is -3.30. The van der Waals surface area contributed by atoms with Crippen molar-refractivity contribution in [2.24, 2.45) is 0 Å². The molecule has 0 N–H and O–H groups in total. The first-order chi connectivity index (χ1) is 12.9. The molecule has 0 fully saturated rings. The summed E-state index contributed by atoms with van der Waals surface area (Å²) in [5, 5.41) is 0.341. The van der Waals surface area contributed by atoms with Crippen molar-refractivity contribution in [2.75, 3.05) is 23.0 Å². The Morgan fingerprint density at radius 1 is 1.15 bits per heavy atom. The number of thioether (sulfide) groups is 1. The van der Waals surface area contributed by atoms with Crippen molar-refractivity contribution in [2.45, 2.75) is 24.0 Å². The number of para-hydroxylation sites is 1. The third-order valence-corrected chi connectivity index (χ3v) is 6.63. The van der Waals surface area contributed by atoms with Crippen LogP contribution in [0.3, 0.4) is 0 Å². The van der Waals surface area contributed by atoms with Crippen LogP contribution in [0.1, 0.15) is 13.8 Å². The largest absolute Gasteiger partial charge is 0.431 e. The Morgan fingerprint density at radius 2 is 1.89 bits per heavy atom. The van der Waals surface area contributed by atoms with Gasteiger partial charge in [0.2, 0.25) is 5.91 Å². The fourth-order valence-corrected chi connectivity index (χ4v) is 4.23. The molecular weight excluding hydrogens is 384 g/mol. The van der Waals surface area contributed by atoms with Gasteiger partial charge in [-0.15, -0.1) is 0 Å². The van der Waals surface area contributed by atoms with Gasteiger partial charge in [0.05, 0.1) is 16.4 Å². The molecule has 0 radical (unpaired) electrons. The van der Waals surface area contributed by atoms with Gasteiger partial charge in [-0.1, -0.05) is 36.9 Å². The van der Waals surface area contributed by atoms with Gasteiger partial charge in [-0.2, -0.15) is 0 Å². The van der Waals surface area contributed by atoms with Gasteiger partial charge in [0.25, 0.3) is 5.22 Å². The molecule has 3 rings (SSSR count).